The minimum atomic E-state index is -4.20. The Morgan fingerprint density at radius 3 is 1.92 bits per heavy atom. The van der Waals surface area contributed by atoms with Crippen LogP contribution in [0.15, 0.2) is 0 Å². The molecule has 3 aliphatic carbocycles. The van der Waals surface area contributed by atoms with Crippen LogP contribution in [0.4, 0.5) is 30.7 Å². The van der Waals surface area contributed by atoms with Gasteiger partial charge in [0, 0.05) is 18.9 Å². The fourth-order valence-electron chi connectivity index (χ4n) is 6.95. The highest BCUT2D eigenvalue weighted by Gasteiger charge is 2.58. The highest BCUT2D eigenvalue weighted by molar-refractivity contribution is 5.00. The van der Waals surface area contributed by atoms with Crippen LogP contribution >= 0.6 is 0 Å². The fraction of sp³-hybridized carbons (Fsp3) is 0.962. The van der Waals surface area contributed by atoms with Crippen LogP contribution in [0.2, 0.25) is 0 Å². The van der Waals surface area contributed by atoms with Gasteiger partial charge in [0.05, 0.1) is 24.2 Å². The Kier molecular flexibility index (Phi) is 8.81. The average Bonchev–Trinajstić information content (AvgIpc) is 2.78. The summed E-state index contributed by atoms with van der Waals surface area (Å²) in [5.74, 6) is -5.55. The van der Waals surface area contributed by atoms with Crippen LogP contribution in [0.1, 0.15) is 64.7 Å². The molecule has 0 aromatic rings. The monoisotopic (exact) mass is 527 g/mol. The van der Waals surface area contributed by atoms with Gasteiger partial charge in [-0.3, -0.25) is 0 Å². The van der Waals surface area contributed by atoms with E-state index >= 15 is 17.6 Å². The van der Waals surface area contributed by atoms with Gasteiger partial charge >= 0.3 is 6.11 Å². The first-order valence-corrected chi connectivity index (χ1v) is 13.3. The van der Waals surface area contributed by atoms with Crippen molar-refractivity contribution in [2.75, 3.05) is 6.61 Å². The van der Waals surface area contributed by atoms with Gasteiger partial charge < -0.3 is 9.47 Å². The molecule has 9 unspecified atom stereocenters. The number of hydrogen-bond acceptors (Lipinski definition) is 3. The normalized spacial score (nSPS) is 48.8. The maximum Gasteiger partial charge on any atom is 0.364 e. The summed E-state index contributed by atoms with van der Waals surface area (Å²) in [4.78, 5) is 0. The molecule has 0 aromatic carbocycles. The molecule has 1 aliphatic heterocycles. The Bertz CT molecular complexity index is 750. The zero-order valence-electron chi connectivity index (χ0n) is 20.5. The van der Waals surface area contributed by atoms with E-state index in [1.54, 1.807) is 6.07 Å². The predicted octanol–water partition coefficient (Wildman–Crippen LogP) is 6.85. The lowest BCUT2D eigenvalue weighted by molar-refractivity contribution is -0.321. The average molecular weight is 528 g/mol. The van der Waals surface area contributed by atoms with Gasteiger partial charge in [0.15, 0.2) is 0 Å². The van der Waals surface area contributed by atoms with Gasteiger partial charge in [-0.2, -0.15) is 14.0 Å². The van der Waals surface area contributed by atoms with E-state index in [9.17, 15) is 13.2 Å². The summed E-state index contributed by atoms with van der Waals surface area (Å²) in [6.07, 6.45) is -15.2. The Balaban J connectivity index is 1.35. The summed E-state index contributed by atoms with van der Waals surface area (Å²) in [5.41, 5.74) is 0. The van der Waals surface area contributed by atoms with E-state index in [2.05, 4.69) is 0 Å². The Labute approximate surface area is 208 Å². The molecule has 9 atom stereocenters. The molecule has 1 saturated heterocycles. The van der Waals surface area contributed by atoms with Gasteiger partial charge in [0.2, 0.25) is 0 Å². The summed E-state index contributed by atoms with van der Waals surface area (Å²) in [6, 6.07) is 1.77. The molecule has 3 nitrogen and oxygen atoms in total. The summed E-state index contributed by atoms with van der Waals surface area (Å²) >= 11 is 0. The van der Waals surface area contributed by atoms with E-state index in [0.29, 0.717) is 12.5 Å². The van der Waals surface area contributed by atoms with Gasteiger partial charge in [0.1, 0.15) is 36.8 Å². The molecule has 206 valence electrons. The molecule has 1 heterocycles. The Morgan fingerprint density at radius 1 is 0.778 bits per heavy atom. The SMILES string of the molecule is CC1CCC(C2CC(F)C(C3CC(F)C(C(F)(F)OC4CCC(C#N)C(F)C4)C(F)C3)C(F)C2)OC1. The third kappa shape index (κ3) is 5.98. The number of ether oxygens (including phenoxy) is 2. The number of nitrogens with zero attached hydrogens (tertiary/aromatic N) is 1. The molecule has 4 rings (SSSR count). The summed E-state index contributed by atoms with van der Waals surface area (Å²) in [5, 5.41) is 8.88. The summed E-state index contributed by atoms with van der Waals surface area (Å²) in [6.45, 7) is 2.59. The number of alkyl halides is 7. The number of hydrogen-bond donors (Lipinski definition) is 0. The fourth-order valence-corrected chi connectivity index (χ4v) is 6.95. The van der Waals surface area contributed by atoms with Crippen LogP contribution in [0, 0.1) is 46.8 Å². The molecule has 36 heavy (non-hydrogen) atoms. The van der Waals surface area contributed by atoms with Crippen molar-refractivity contribution in [2.24, 2.45) is 35.5 Å². The molecule has 0 radical (unpaired) electrons. The largest absolute Gasteiger partial charge is 0.378 e. The second-order valence-corrected chi connectivity index (χ2v) is 11.6. The first-order valence-electron chi connectivity index (χ1n) is 13.3. The Hall–Kier alpha value is -1.08. The minimum Gasteiger partial charge on any atom is -0.378 e. The molecule has 0 N–H and O–H groups in total. The third-order valence-corrected chi connectivity index (χ3v) is 8.94. The van der Waals surface area contributed by atoms with E-state index in [-0.39, 0.29) is 37.7 Å². The summed E-state index contributed by atoms with van der Waals surface area (Å²) < 4.78 is 115. The highest BCUT2D eigenvalue weighted by Crippen LogP contribution is 2.50. The molecule has 4 fully saturated rings. The molecule has 0 amide bonds. The minimum absolute atomic E-state index is 0.0165. The number of nitriles is 1. The molecule has 0 aromatic heterocycles. The first-order chi connectivity index (χ1) is 17.0. The molecule has 10 heteroatoms. The van der Waals surface area contributed by atoms with E-state index in [4.69, 9.17) is 14.7 Å². The second kappa shape index (κ2) is 11.3. The van der Waals surface area contributed by atoms with Crippen molar-refractivity contribution >= 4 is 0 Å². The second-order valence-electron chi connectivity index (χ2n) is 11.6. The van der Waals surface area contributed by atoms with Crippen molar-refractivity contribution in [2.45, 2.75) is 114 Å². The standard InChI is InChI=1S/C26H36F7NO2/c1-13-2-5-23(35-12-13)15-6-19(28)24(20(29)7-15)16-8-21(30)25(22(31)9-16)26(32,33)36-17-4-3-14(11-34)18(27)10-17/h13-25H,2-10,12H2,1H3. The van der Waals surface area contributed by atoms with E-state index in [1.165, 1.54) is 0 Å². The van der Waals surface area contributed by atoms with Crippen LogP contribution in [-0.4, -0.2) is 55.8 Å². The van der Waals surface area contributed by atoms with Crippen LogP contribution < -0.4 is 0 Å². The van der Waals surface area contributed by atoms with Gasteiger partial charge in [-0.25, -0.2) is 22.0 Å². The number of halogens is 7. The smallest absolute Gasteiger partial charge is 0.364 e. The molecule has 0 spiro atoms. The molecule has 0 bridgehead atoms. The topological polar surface area (TPSA) is 42.2 Å². The third-order valence-electron chi connectivity index (χ3n) is 8.94. The lowest BCUT2D eigenvalue weighted by atomic mass is 9.65. The molecular weight excluding hydrogens is 491 g/mol. The molecular formula is C26H36F7NO2. The quantitative estimate of drug-likeness (QED) is 0.368. The van der Waals surface area contributed by atoms with E-state index in [0.717, 1.165) is 12.8 Å². The summed E-state index contributed by atoms with van der Waals surface area (Å²) in [7, 11) is 0. The lowest BCUT2D eigenvalue weighted by Crippen LogP contribution is -2.53. The van der Waals surface area contributed by atoms with Crippen LogP contribution in [0.25, 0.3) is 0 Å². The van der Waals surface area contributed by atoms with Crippen molar-refractivity contribution in [3.8, 4) is 6.07 Å². The molecule has 3 saturated carbocycles. The zero-order chi connectivity index (χ0) is 26.2. The van der Waals surface area contributed by atoms with Crippen molar-refractivity contribution < 1.29 is 40.2 Å². The van der Waals surface area contributed by atoms with Gasteiger partial charge in [-0.15, -0.1) is 0 Å². The predicted molar refractivity (Wildman–Crippen MR) is 118 cm³/mol. The van der Waals surface area contributed by atoms with Crippen molar-refractivity contribution in [1.29, 1.82) is 5.26 Å². The van der Waals surface area contributed by atoms with Crippen LogP contribution in [0.5, 0.6) is 0 Å². The van der Waals surface area contributed by atoms with Gasteiger partial charge in [0.25, 0.3) is 0 Å². The van der Waals surface area contributed by atoms with Crippen molar-refractivity contribution in [3.05, 3.63) is 0 Å². The van der Waals surface area contributed by atoms with Crippen molar-refractivity contribution in [3.63, 3.8) is 0 Å². The lowest BCUT2D eigenvalue weighted by Gasteiger charge is -2.46. The van der Waals surface area contributed by atoms with Gasteiger partial charge in [-0.05, 0) is 69.1 Å². The van der Waals surface area contributed by atoms with Crippen LogP contribution in [0.3, 0.4) is 0 Å². The highest BCUT2D eigenvalue weighted by atomic mass is 19.3. The van der Waals surface area contributed by atoms with Gasteiger partial charge in [-0.1, -0.05) is 6.92 Å². The maximum atomic E-state index is 15.2. The van der Waals surface area contributed by atoms with Crippen molar-refractivity contribution in [1.82, 2.24) is 0 Å². The first kappa shape index (κ1) is 27.9. The van der Waals surface area contributed by atoms with E-state index < -0.39 is 86.0 Å². The Morgan fingerprint density at radius 2 is 1.39 bits per heavy atom. The van der Waals surface area contributed by atoms with Crippen LogP contribution in [-0.2, 0) is 9.47 Å². The maximum absolute atomic E-state index is 15.2. The molecule has 4 aliphatic rings. The zero-order valence-corrected chi connectivity index (χ0v) is 20.5. The van der Waals surface area contributed by atoms with E-state index in [1.807, 2.05) is 6.92 Å². The number of rotatable bonds is 5.